The van der Waals surface area contributed by atoms with Gasteiger partial charge < -0.3 is 14.2 Å². The second-order valence-electron chi connectivity index (χ2n) is 7.88. The van der Waals surface area contributed by atoms with Crippen LogP contribution in [0.2, 0.25) is 0 Å². The molecular formula is C24H24N6O3. The van der Waals surface area contributed by atoms with E-state index in [2.05, 4.69) is 20.3 Å². The maximum Gasteiger partial charge on any atom is 0.261 e. The number of hydrogen-bond donors (Lipinski definition) is 0. The van der Waals surface area contributed by atoms with Gasteiger partial charge >= 0.3 is 0 Å². The fourth-order valence-electron chi connectivity index (χ4n) is 4.17. The Kier molecular flexibility index (Phi) is 5.60. The maximum atomic E-state index is 13.7. The first-order valence-corrected chi connectivity index (χ1v) is 11.0. The number of amides is 1. The van der Waals surface area contributed by atoms with Gasteiger partial charge in [-0.1, -0.05) is 28.9 Å². The van der Waals surface area contributed by atoms with E-state index in [-0.39, 0.29) is 11.9 Å². The first kappa shape index (κ1) is 20.9. The molecule has 0 N–H and O–H groups in total. The van der Waals surface area contributed by atoms with E-state index in [9.17, 15) is 4.79 Å². The molecule has 1 aliphatic rings. The van der Waals surface area contributed by atoms with E-state index in [1.54, 1.807) is 12.4 Å². The van der Waals surface area contributed by atoms with Crippen LogP contribution >= 0.6 is 0 Å². The number of likely N-dealkylation sites (tertiary alicyclic amines) is 1. The molecule has 33 heavy (non-hydrogen) atoms. The Hall–Kier alpha value is -4.01. The van der Waals surface area contributed by atoms with Crippen molar-refractivity contribution >= 4 is 5.91 Å². The van der Waals surface area contributed by atoms with Gasteiger partial charge in [-0.3, -0.25) is 4.79 Å². The van der Waals surface area contributed by atoms with Crippen LogP contribution < -0.4 is 4.74 Å². The lowest BCUT2D eigenvalue weighted by molar-refractivity contribution is 0.0728. The van der Waals surface area contributed by atoms with Gasteiger partial charge in [-0.05, 0) is 51.0 Å². The highest BCUT2D eigenvalue weighted by atomic mass is 16.5. The van der Waals surface area contributed by atoms with Crippen molar-refractivity contribution < 1.29 is 14.1 Å². The molecule has 1 fully saturated rings. The van der Waals surface area contributed by atoms with Crippen LogP contribution in [0, 0.1) is 6.92 Å². The predicted octanol–water partition coefficient (Wildman–Crippen LogP) is 4.00. The summed E-state index contributed by atoms with van der Waals surface area (Å²) in [6.45, 7) is 5.03. The largest absolute Gasteiger partial charge is 0.493 e. The molecule has 4 aromatic rings. The number of rotatable bonds is 6. The zero-order chi connectivity index (χ0) is 22.8. The number of ether oxygens (including phenoxy) is 1. The molecule has 9 nitrogen and oxygen atoms in total. The Balaban J connectivity index is 1.46. The first-order chi connectivity index (χ1) is 16.2. The Labute approximate surface area is 191 Å². The van der Waals surface area contributed by atoms with Crippen LogP contribution in [0.3, 0.4) is 0 Å². The summed E-state index contributed by atoms with van der Waals surface area (Å²) < 4.78 is 11.3. The molecule has 1 unspecified atom stereocenters. The van der Waals surface area contributed by atoms with Gasteiger partial charge in [-0.15, -0.1) is 0 Å². The van der Waals surface area contributed by atoms with Gasteiger partial charge in [0, 0.05) is 6.54 Å². The van der Waals surface area contributed by atoms with Crippen molar-refractivity contribution in [2.45, 2.75) is 32.7 Å². The Morgan fingerprint density at radius 3 is 2.82 bits per heavy atom. The summed E-state index contributed by atoms with van der Waals surface area (Å²) in [6, 6.07) is 13.0. The van der Waals surface area contributed by atoms with Crippen molar-refractivity contribution in [2.75, 3.05) is 13.2 Å². The molecule has 1 atom stereocenters. The SMILES string of the molecule is CCOc1ccccc1-c1nc(C2CCCN2C(=O)c2cc(C)ccc2-n2nccn2)no1. The minimum atomic E-state index is -0.270. The average molecular weight is 444 g/mol. The first-order valence-electron chi connectivity index (χ1n) is 11.0. The van der Waals surface area contributed by atoms with Crippen LogP contribution in [0.1, 0.15) is 47.6 Å². The summed E-state index contributed by atoms with van der Waals surface area (Å²) in [6.07, 6.45) is 4.80. The van der Waals surface area contributed by atoms with E-state index < -0.39 is 0 Å². The second-order valence-corrected chi connectivity index (χ2v) is 7.88. The van der Waals surface area contributed by atoms with Crippen LogP contribution in [0.5, 0.6) is 5.75 Å². The van der Waals surface area contributed by atoms with Crippen LogP contribution in [0.25, 0.3) is 17.1 Å². The molecule has 0 bridgehead atoms. The van der Waals surface area contributed by atoms with Gasteiger partial charge in [-0.2, -0.15) is 20.0 Å². The van der Waals surface area contributed by atoms with Crippen molar-refractivity contribution in [3.05, 3.63) is 71.8 Å². The standard InChI is InChI=1S/C24H24N6O3/c1-3-32-21-9-5-4-7-17(21)23-27-22(28-33-23)20-8-6-14-29(20)24(31)18-15-16(2)10-11-19(18)30-25-12-13-26-30/h4-5,7,9-13,15,20H,3,6,8,14H2,1-2H3. The topological polar surface area (TPSA) is 99.2 Å². The van der Waals surface area contributed by atoms with Gasteiger partial charge in [0.05, 0.1) is 41.9 Å². The van der Waals surface area contributed by atoms with E-state index in [1.165, 1.54) is 4.80 Å². The molecule has 3 heterocycles. The lowest BCUT2D eigenvalue weighted by Gasteiger charge is -2.23. The minimum absolute atomic E-state index is 0.102. The van der Waals surface area contributed by atoms with Crippen molar-refractivity contribution in [1.29, 1.82) is 0 Å². The van der Waals surface area contributed by atoms with Crippen LogP contribution in [-0.2, 0) is 0 Å². The van der Waals surface area contributed by atoms with E-state index in [4.69, 9.17) is 9.26 Å². The third kappa shape index (κ3) is 3.97. The van der Waals surface area contributed by atoms with Crippen LogP contribution in [-0.4, -0.2) is 49.1 Å². The van der Waals surface area contributed by atoms with Crippen molar-refractivity contribution in [1.82, 2.24) is 30.0 Å². The number of carbonyl (C=O) groups excluding carboxylic acids is 1. The minimum Gasteiger partial charge on any atom is -0.493 e. The summed E-state index contributed by atoms with van der Waals surface area (Å²) >= 11 is 0. The molecule has 9 heteroatoms. The Bertz CT molecular complexity index is 1270. The maximum absolute atomic E-state index is 13.7. The lowest BCUT2D eigenvalue weighted by atomic mass is 10.1. The monoisotopic (exact) mass is 444 g/mol. The smallest absolute Gasteiger partial charge is 0.261 e. The summed E-state index contributed by atoms with van der Waals surface area (Å²) in [5.74, 6) is 1.46. The fraction of sp³-hybridized carbons (Fsp3) is 0.292. The third-order valence-corrected chi connectivity index (χ3v) is 5.69. The number of para-hydroxylation sites is 1. The van der Waals surface area contributed by atoms with Gasteiger partial charge in [0.15, 0.2) is 5.82 Å². The third-order valence-electron chi connectivity index (χ3n) is 5.69. The zero-order valence-electron chi connectivity index (χ0n) is 18.5. The second kappa shape index (κ2) is 8.85. The highest BCUT2D eigenvalue weighted by Crippen LogP contribution is 2.35. The normalized spacial score (nSPS) is 15.7. The molecule has 1 aliphatic heterocycles. The quantitative estimate of drug-likeness (QED) is 0.443. The molecule has 0 radical (unpaired) electrons. The molecule has 2 aromatic heterocycles. The Morgan fingerprint density at radius 2 is 2.00 bits per heavy atom. The van der Waals surface area contributed by atoms with Gasteiger partial charge in [0.2, 0.25) is 0 Å². The number of aryl methyl sites for hydroxylation is 1. The molecular weight excluding hydrogens is 420 g/mol. The van der Waals surface area contributed by atoms with E-state index >= 15 is 0 Å². The molecule has 0 saturated carbocycles. The summed E-state index contributed by atoms with van der Waals surface area (Å²) in [4.78, 5) is 21.6. The van der Waals surface area contributed by atoms with Gasteiger partial charge in [0.25, 0.3) is 11.8 Å². The summed E-state index contributed by atoms with van der Waals surface area (Å²) in [7, 11) is 0. The molecule has 0 aliphatic carbocycles. The zero-order valence-corrected chi connectivity index (χ0v) is 18.5. The number of hydrogen-bond acceptors (Lipinski definition) is 7. The highest BCUT2D eigenvalue weighted by molar-refractivity contribution is 5.98. The molecule has 1 saturated heterocycles. The number of carbonyl (C=O) groups is 1. The number of benzene rings is 2. The highest BCUT2D eigenvalue weighted by Gasteiger charge is 2.35. The van der Waals surface area contributed by atoms with Crippen LogP contribution in [0.15, 0.2) is 59.4 Å². The van der Waals surface area contributed by atoms with E-state index in [0.29, 0.717) is 41.9 Å². The summed E-state index contributed by atoms with van der Waals surface area (Å²) in [5, 5.41) is 12.6. The lowest BCUT2D eigenvalue weighted by Crippen LogP contribution is -2.32. The van der Waals surface area contributed by atoms with Crippen molar-refractivity contribution in [3.8, 4) is 22.9 Å². The average Bonchev–Trinajstić information content (AvgIpc) is 3.60. The van der Waals surface area contributed by atoms with Gasteiger partial charge in [0.1, 0.15) is 5.75 Å². The van der Waals surface area contributed by atoms with Crippen molar-refractivity contribution in [2.24, 2.45) is 0 Å². The molecule has 168 valence electrons. The molecule has 1 amide bonds. The van der Waals surface area contributed by atoms with Gasteiger partial charge in [-0.25, -0.2) is 0 Å². The number of nitrogens with zero attached hydrogens (tertiary/aromatic N) is 6. The molecule has 0 spiro atoms. The fourth-order valence-corrected chi connectivity index (χ4v) is 4.17. The van der Waals surface area contributed by atoms with E-state index in [0.717, 1.165) is 24.0 Å². The van der Waals surface area contributed by atoms with Crippen molar-refractivity contribution in [3.63, 3.8) is 0 Å². The number of aromatic nitrogens is 5. The Morgan fingerprint density at radius 1 is 1.18 bits per heavy atom. The molecule has 5 rings (SSSR count). The summed E-state index contributed by atoms with van der Waals surface area (Å²) in [5.41, 5.74) is 2.91. The molecule has 2 aromatic carbocycles. The van der Waals surface area contributed by atoms with Crippen LogP contribution in [0.4, 0.5) is 0 Å². The predicted molar refractivity (Wildman–Crippen MR) is 120 cm³/mol. The van der Waals surface area contributed by atoms with E-state index in [1.807, 2.05) is 61.2 Å².